The molecular formula is C5H10NO2. The first-order valence-corrected chi connectivity index (χ1v) is 2.41. The molecule has 8 heavy (non-hydrogen) atoms. The molecule has 3 nitrogen and oxygen atoms in total. The van der Waals surface area contributed by atoms with E-state index in [1.54, 1.807) is 13.3 Å². The standard InChI is InChI=1S/C5H10NO2/c1-3-4-5(7)6(2)8/h3,8H,4H2,1-2H3. The Balaban J connectivity index is 3.33. The van der Waals surface area contributed by atoms with Crippen molar-refractivity contribution in [2.45, 2.75) is 13.3 Å². The molecule has 0 spiro atoms. The van der Waals surface area contributed by atoms with Gasteiger partial charge in [0.15, 0.2) is 0 Å². The van der Waals surface area contributed by atoms with Crippen LogP contribution in [0.3, 0.4) is 0 Å². The molecule has 0 atom stereocenters. The van der Waals surface area contributed by atoms with Gasteiger partial charge in [0.2, 0.25) is 5.91 Å². The molecule has 0 unspecified atom stereocenters. The molecule has 0 heterocycles. The third-order valence-corrected chi connectivity index (χ3v) is 0.740. The largest absolute Gasteiger partial charge is 0.286 e. The lowest BCUT2D eigenvalue weighted by molar-refractivity contribution is -0.158. The monoisotopic (exact) mass is 116 g/mol. The molecule has 1 amide bonds. The summed E-state index contributed by atoms with van der Waals surface area (Å²) in [6, 6.07) is 0. The summed E-state index contributed by atoms with van der Waals surface area (Å²) in [6.07, 6.45) is 1.99. The number of rotatable bonds is 2. The number of hydrogen-bond acceptors (Lipinski definition) is 2. The van der Waals surface area contributed by atoms with Crippen molar-refractivity contribution in [3.05, 3.63) is 6.42 Å². The Morgan fingerprint density at radius 3 is 2.50 bits per heavy atom. The first-order chi connectivity index (χ1) is 3.68. The van der Waals surface area contributed by atoms with Crippen LogP contribution in [0.15, 0.2) is 0 Å². The summed E-state index contributed by atoms with van der Waals surface area (Å²) in [5.74, 6) is -0.285. The fourth-order valence-electron chi connectivity index (χ4n) is 0.307. The van der Waals surface area contributed by atoms with E-state index in [0.29, 0.717) is 11.5 Å². The second kappa shape index (κ2) is 3.43. The van der Waals surface area contributed by atoms with Gasteiger partial charge in [-0.2, -0.15) is 0 Å². The highest BCUT2D eigenvalue weighted by molar-refractivity contribution is 5.75. The number of hydroxylamine groups is 2. The van der Waals surface area contributed by atoms with E-state index in [-0.39, 0.29) is 5.91 Å². The van der Waals surface area contributed by atoms with Crippen molar-refractivity contribution in [3.63, 3.8) is 0 Å². The van der Waals surface area contributed by atoms with Gasteiger partial charge in [0.25, 0.3) is 0 Å². The average molecular weight is 116 g/mol. The molecule has 0 aromatic heterocycles. The van der Waals surface area contributed by atoms with Gasteiger partial charge in [-0.05, 0) is 6.42 Å². The molecule has 0 rings (SSSR count). The van der Waals surface area contributed by atoms with Gasteiger partial charge < -0.3 is 0 Å². The first-order valence-electron chi connectivity index (χ1n) is 2.41. The maximum atomic E-state index is 10.4. The average Bonchev–Trinajstić information content (AvgIpc) is 1.67. The molecule has 0 aromatic carbocycles. The number of hydrogen-bond donors (Lipinski definition) is 1. The SMILES string of the molecule is C[CH]CC(=O)N(C)O. The van der Waals surface area contributed by atoms with E-state index < -0.39 is 0 Å². The van der Waals surface area contributed by atoms with Gasteiger partial charge in [-0.1, -0.05) is 6.92 Å². The van der Waals surface area contributed by atoms with Crippen molar-refractivity contribution >= 4 is 5.91 Å². The molecule has 3 heteroatoms. The third-order valence-electron chi connectivity index (χ3n) is 0.740. The molecule has 1 radical (unpaired) electrons. The van der Waals surface area contributed by atoms with E-state index in [1.807, 2.05) is 0 Å². The summed E-state index contributed by atoms with van der Waals surface area (Å²) >= 11 is 0. The van der Waals surface area contributed by atoms with E-state index >= 15 is 0 Å². The van der Waals surface area contributed by atoms with Crippen LogP contribution in [0.1, 0.15) is 13.3 Å². The zero-order chi connectivity index (χ0) is 6.57. The van der Waals surface area contributed by atoms with E-state index in [9.17, 15) is 4.79 Å². The summed E-state index contributed by atoms with van der Waals surface area (Å²) in [5.41, 5.74) is 0. The number of carbonyl (C=O) groups excluding carboxylic acids is 1. The van der Waals surface area contributed by atoms with E-state index in [0.717, 1.165) is 0 Å². The van der Waals surface area contributed by atoms with Crippen LogP contribution in [0.4, 0.5) is 0 Å². The van der Waals surface area contributed by atoms with Crippen molar-refractivity contribution in [1.82, 2.24) is 5.06 Å². The second-order valence-electron chi connectivity index (χ2n) is 1.53. The first kappa shape index (κ1) is 7.43. The van der Waals surface area contributed by atoms with Gasteiger partial charge in [-0.15, -0.1) is 0 Å². The zero-order valence-electron chi connectivity index (χ0n) is 5.09. The molecule has 0 aliphatic carbocycles. The van der Waals surface area contributed by atoms with Crippen molar-refractivity contribution < 1.29 is 10.0 Å². The summed E-state index contributed by atoms with van der Waals surface area (Å²) in [6.45, 7) is 1.77. The fraction of sp³-hybridized carbons (Fsp3) is 0.600. The molecule has 0 saturated heterocycles. The van der Waals surface area contributed by atoms with Crippen LogP contribution in [-0.2, 0) is 4.79 Å². The van der Waals surface area contributed by atoms with Crippen LogP contribution in [0.25, 0.3) is 0 Å². The van der Waals surface area contributed by atoms with E-state index in [4.69, 9.17) is 5.21 Å². The van der Waals surface area contributed by atoms with Gasteiger partial charge in [-0.3, -0.25) is 10.0 Å². The Kier molecular flexibility index (Phi) is 3.19. The molecule has 0 fully saturated rings. The highest BCUT2D eigenvalue weighted by atomic mass is 16.5. The highest BCUT2D eigenvalue weighted by Crippen LogP contribution is 1.88. The summed E-state index contributed by atoms with van der Waals surface area (Å²) in [5, 5.41) is 9.00. The molecular weight excluding hydrogens is 106 g/mol. The van der Waals surface area contributed by atoms with Crippen LogP contribution in [0.5, 0.6) is 0 Å². The van der Waals surface area contributed by atoms with Gasteiger partial charge in [0.1, 0.15) is 0 Å². The van der Waals surface area contributed by atoms with Crippen LogP contribution in [-0.4, -0.2) is 23.2 Å². The Morgan fingerprint density at radius 1 is 1.88 bits per heavy atom. The van der Waals surface area contributed by atoms with Crippen LogP contribution < -0.4 is 0 Å². The van der Waals surface area contributed by atoms with Crippen LogP contribution in [0.2, 0.25) is 0 Å². The van der Waals surface area contributed by atoms with E-state index in [2.05, 4.69) is 0 Å². The lowest BCUT2D eigenvalue weighted by atomic mass is 10.3. The smallest absolute Gasteiger partial charge is 0.245 e. The molecule has 0 aliphatic rings. The summed E-state index contributed by atoms with van der Waals surface area (Å²) < 4.78 is 0. The van der Waals surface area contributed by atoms with Crippen LogP contribution >= 0.6 is 0 Å². The van der Waals surface area contributed by atoms with Gasteiger partial charge in [0, 0.05) is 13.5 Å². The summed E-state index contributed by atoms with van der Waals surface area (Å²) in [7, 11) is 1.31. The predicted octanol–water partition coefficient (Wildman–Crippen LogP) is 0.448. The molecule has 0 bridgehead atoms. The van der Waals surface area contributed by atoms with Gasteiger partial charge in [0.05, 0.1) is 0 Å². The lowest BCUT2D eigenvalue weighted by Crippen LogP contribution is -2.21. The quantitative estimate of drug-likeness (QED) is 0.420. The number of nitrogens with zero attached hydrogens (tertiary/aromatic N) is 1. The topological polar surface area (TPSA) is 40.5 Å². The van der Waals surface area contributed by atoms with Crippen molar-refractivity contribution in [2.24, 2.45) is 0 Å². The maximum absolute atomic E-state index is 10.4. The third kappa shape index (κ3) is 2.58. The molecule has 0 aromatic rings. The zero-order valence-corrected chi connectivity index (χ0v) is 5.09. The molecule has 0 aliphatic heterocycles. The Labute approximate surface area is 48.9 Å². The van der Waals surface area contributed by atoms with Gasteiger partial charge >= 0.3 is 0 Å². The van der Waals surface area contributed by atoms with Gasteiger partial charge in [-0.25, -0.2) is 5.06 Å². The van der Waals surface area contributed by atoms with Crippen molar-refractivity contribution in [3.8, 4) is 0 Å². The Hall–Kier alpha value is -0.570. The Morgan fingerprint density at radius 2 is 2.38 bits per heavy atom. The second-order valence-corrected chi connectivity index (χ2v) is 1.53. The molecule has 47 valence electrons. The van der Waals surface area contributed by atoms with Crippen molar-refractivity contribution in [2.75, 3.05) is 7.05 Å². The minimum Gasteiger partial charge on any atom is -0.286 e. The van der Waals surface area contributed by atoms with Crippen molar-refractivity contribution in [1.29, 1.82) is 0 Å². The Bertz CT molecular complexity index is 80.5. The minimum absolute atomic E-state index is 0.285. The minimum atomic E-state index is -0.285. The number of carbonyl (C=O) groups is 1. The maximum Gasteiger partial charge on any atom is 0.245 e. The molecule has 0 saturated carbocycles. The summed E-state index contributed by atoms with van der Waals surface area (Å²) in [4.78, 5) is 10.4. The predicted molar refractivity (Wildman–Crippen MR) is 29.1 cm³/mol. The normalized spacial score (nSPS) is 8.88. The fourth-order valence-corrected chi connectivity index (χ4v) is 0.307. The number of amides is 1. The highest BCUT2D eigenvalue weighted by Gasteiger charge is 2.00. The lowest BCUT2D eigenvalue weighted by Gasteiger charge is -2.04. The molecule has 1 N–H and O–H groups in total. The van der Waals surface area contributed by atoms with E-state index in [1.165, 1.54) is 7.05 Å². The van der Waals surface area contributed by atoms with Crippen LogP contribution in [0, 0.1) is 6.42 Å².